The van der Waals surface area contributed by atoms with E-state index >= 15 is 0 Å². The van der Waals surface area contributed by atoms with Crippen LogP contribution in [0.4, 0.5) is 0 Å². The lowest BCUT2D eigenvalue weighted by atomic mass is 9.87. The van der Waals surface area contributed by atoms with E-state index in [-0.39, 0.29) is 12.1 Å². The molecule has 0 atom stereocenters. The summed E-state index contributed by atoms with van der Waals surface area (Å²) in [4.78, 5) is 2.48. The highest BCUT2D eigenvalue weighted by atomic mass is 16.3. The molecule has 2 N–H and O–H groups in total. The summed E-state index contributed by atoms with van der Waals surface area (Å²) in [5.74, 6) is 0. The van der Waals surface area contributed by atoms with Crippen LogP contribution in [-0.4, -0.2) is 47.3 Å². The maximum atomic E-state index is 9.53. The van der Waals surface area contributed by atoms with Crippen LogP contribution < -0.4 is 5.32 Å². The van der Waals surface area contributed by atoms with Crippen molar-refractivity contribution in [3.05, 3.63) is 0 Å². The van der Waals surface area contributed by atoms with Crippen molar-refractivity contribution in [2.45, 2.75) is 58.2 Å². The fourth-order valence-corrected chi connectivity index (χ4v) is 2.43. The van der Waals surface area contributed by atoms with E-state index in [2.05, 4.69) is 37.9 Å². The van der Waals surface area contributed by atoms with Gasteiger partial charge in [0.1, 0.15) is 0 Å². The topological polar surface area (TPSA) is 35.5 Å². The second-order valence-electron chi connectivity index (χ2n) is 5.37. The van der Waals surface area contributed by atoms with E-state index in [1.807, 2.05) is 0 Å². The van der Waals surface area contributed by atoms with Gasteiger partial charge in [0.25, 0.3) is 0 Å². The summed E-state index contributed by atoms with van der Waals surface area (Å²) in [7, 11) is 0. The van der Waals surface area contributed by atoms with Crippen molar-refractivity contribution in [3.8, 4) is 0 Å². The molecule has 1 rings (SSSR count). The number of aliphatic hydroxyl groups excluding tert-OH is 1. The third kappa shape index (κ3) is 3.44. The molecule has 0 aromatic rings. The molecule has 1 saturated heterocycles. The quantitative estimate of drug-likeness (QED) is 0.738. The lowest BCUT2D eigenvalue weighted by Crippen LogP contribution is -2.58. The number of likely N-dealkylation sites (tertiary alicyclic amines) is 1. The summed E-state index contributed by atoms with van der Waals surface area (Å²) in [5.41, 5.74) is -0.0282. The third-order valence-electron chi connectivity index (χ3n) is 3.38. The van der Waals surface area contributed by atoms with Crippen molar-refractivity contribution >= 4 is 0 Å². The zero-order valence-corrected chi connectivity index (χ0v) is 10.6. The first-order chi connectivity index (χ1) is 6.99. The minimum atomic E-state index is -0.0282. The normalized spacial score (nSPS) is 22.6. The molecule has 0 radical (unpaired) electrons. The summed E-state index contributed by atoms with van der Waals surface area (Å²) < 4.78 is 0. The lowest BCUT2D eigenvalue weighted by Gasteiger charge is -2.43. The number of hydrogen-bond acceptors (Lipinski definition) is 3. The van der Waals surface area contributed by atoms with E-state index in [1.165, 1.54) is 0 Å². The van der Waals surface area contributed by atoms with Crippen LogP contribution in [0.1, 0.15) is 40.5 Å². The van der Waals surface area contributed by atoms with Crippen LogP contribution in [0.25, 0.3) is 0 Å². The minimum Gasteiger partial charge on any atom is -0.394 e. The number of nitrogens with zero attached hydrogens (tertiary/aromatic N) is 1. The molecule has 0 aliphatic carbocycles. The first kappa shape index (κ1) is 12.9. The maximum Gasteiger partial charge on any atom is 0.0614 e. The molecular formula is C12H26N2O. The second kappa shape index (κ2) is 5.28. The van der Waals surface area contributed by atoms with Crippen LogP contribution in [0.15, 0.2) is 0 Å². The fraction of sp³-hybridized carbons (Fsp3) is 1.00. The third-order valence-corrected chi connectivity index (χ3v) is 3.38. The van der Waals surface area contributed by atoms with E-state index in [9.17, 15) is 5.11 Å². The van der Waals surface area contributed by atoms with Crippen molar-refractivity contribution in [2.24, 2.45) is 0 Å². The number of nitrogens with one attached hydrogen (secondary N) is 1. The molecule has 1 aliphatic rings. The SMILES string of the molecule is CC(C)NC1(CO)CCN(C(C)C)CC1. The van der Waals surface area contributed by atoms with Crippen molar-refractivity contribution in [1.29, 1.82) is 0 Å². The van der Waals surface area contributed by atoms with Crippen LogP contribution in [0.3, 0.4) is 0 Å². The molecule has 0 saturated carbocycles. The van der Waals surface area contributed by atoms with Crippen molar-refractivity contribution in [2.75, 3.05) is 19.7 Å². The number of piperidine rings is 1. The Morgan fingerprint density at radius 2 is 1.73 bits per heavy atom. The highest BCUT2D eigenvalue weighted by molar-refractivity contribution is 4.94. The molecule has 0 bridgehead atoms. The van der Waals surface area contributed by atoms with Gasteiger partial charge in [-0.25, -0.2) is 0 Å². The molecule has 0 unspecified atom stereocenters. The summed E-state index contributed by atoms with van der Waals surface area (Å²) in [6.07, 6.45) is 2.11. The average molecular weight is 214 g/mol. The van der Waals surface area contributed by atoms with Gasteiger partial charge in [-0.05, 0) is 26.7 Å². The molecule has 1 heterocycles. The number of aliphatic hydroxyl groups is 1. The molecule has 0 aromatic heterocycles. The average Bonchev–Trinajstić information content (AvgIpc) is 2.17. The predicted octanol–water partition coefficient (Wildman–Crippen LogP) is 1.22. The Balaban J connectivity index is 2.50. The monoisotopic (exact) mass is 214 g/mol. The first-order valence-electron chi connectivity index (χ1n) is 6.12. The Morgan fingerprint density at radius 1 is 1.20 bits per heavy atom. The molecule has 3 nitrogen and oxygen atoms in total. The Bertz CT molecular complexity index is 184. The van der Waals surface area contributed by atoms with Crippen LogP contribution >= 0.6 is 0 Å². The predicted molar refractivity (Wildman–Crippen MR) is 64.0 cm³/mol. The van der Waals surface area contributed by atoms with Gasteiger partial charge in [-0.3, -0.25) is 0 Å². The highest BCUT2D eigenvalue weighted by Gasteiger charge is 2.34. The zero-order chi connectivity index (χ0) is 11.5. The largest absolute Gasteiger partial charge is 0.394 e. The smallest absolute Gasteiger partial charge is 0.0614 e. The van der Waals surface area contributed by atoms with Crippen LogP contribution in [0.5, 0.6) is 0 Å². The van der Waals surface area contributed by atoms with Gasteiger partial charge in [0.15, 0.2) is 0 Å². The maximum absolute atomic E-state index is 9.53. The van der Waals surface area contributed by atoms with E-state index in [1.54, 1.807) is 0 Å². The summed E-state index contributed by atoms with van der Waals surface area (Å²) in [6.45, 7) is 11.2. The molecule has 0 aromatic carbocycles. The molecule has 0 spiro atoms. The van der Waals surface area contributed by atoms with Gasteiger partial charge < -0.3 is 15.3 Å². The van der Waals surface area contributed by atoms with E-state index in [0.29, 0.717) is 12.1 Å². The Labute approximate surface area is 93.9 Å². The van der Waals surface area contributed by atoms with Crippen LogP contribution in [0.2, 0.25) is 0 Å². The number of hydrogen-bond donors (Lipinski definition) is 2. The van der Waals surface area contributed by atoms with Gasteiger partial charge in [-0.1, -0.05) is 13.8 Å². The van der Waals surface area contributed by atoms with Gasteiger partial charge >= 0.3 is 0 Å². The molecular weight excluding hydrogens is 188 g/mol. The van der Waals surface area contributed by atoms with Gasteiger partial charge in [-0.15, -0.1) is 0 Å². The molecule has 0 amide bonds. The Kier molecular flexibility index (Phi) is 4.56. The van der Waals surface area contributed by atoms with Gasteiger partial charge in [0, 0.05) is 30.7 Å². The van der Waals surface area contributed by atoms with Gasteiger partial charge in [0.2, 0.25) is 0 Å². The summed E-state index contributed by atoms with van der Waals surface area (Å²) in [5, 5.41) is 13.1. The molecule has 1 fully saturated rings. The fourth-order valence-electron chi connectivity index (χ4n) is 2.43. The summed E-state index contributed by atoms with van der Waals surface area (Å²) >= 11 is 0. The van der Waals surface area contributed by atoms with E-state index < -0.39 is 0 Å². The molecule has 90 valence electrons. The van der Waals surface area contributed by atoms with Crippen molar-refractivity contribution in [3.63, 3.8) is 0 Å². The van der Waals surface area contributed by atoms with Crippen LogP contribution in [0, 0.1) is 0 Å². The molecule has 15 heavy (non-hydrogen) atoms. The second-order valence-corrected chi connectivity index (χ2v) is 5.37. The van der Waals surface area contributed by atoms with Crippen LogP contribution in [-0.2, 0) is 0 Å². The molecule has 3 heteroatoms. The Hall–Kier alpha value is -0.120. The standard InChI is InChI=1S/C12H26N2O/c1-10(2)13-12(9-15)5-7-14(8-6-12)11(3)4/h10-11,13,15H,5-9H2,1-4H3. The number of rotatable bonds is 4. The van der Waals surface area contributed by atoms with Gasteiger partial charge in [0.05, 0.1) is 6.61 Å². The van der Waals surface area contributed by atoms with Crippen molar-refractivity contribution < 1.29 is 5.11 Å². The van der Waals surface area contributed by atoms with E-state index in [0.717, 1.165) is 25.9 Å². The van der Waals surface area contributed by atoms with Gasteiger partial charge in [-0.2, -0.15) is 0 Å². The minimum absolute atomic E-state index is 0.0282. The Morgan fingerprint density at radius 3 is 2.07 bits per heavy atom. The summed E-state index contributed by atoms with van der Waals surface area (Å²) in [6, 6.07) is 1.07. The van der Waals surface area contributed by atoms with E-state index in [4.69, 9.17) is 0 Å². The highest BCUT2D eigenvalue weighted by Crippen LogP contribution is 2.23. The zero-order valence-electron chi connectivity index (χ0n) is 10.6. The molecule has 1 aliphatic heterocycles. The lowest BCUT2D eigenvalue weighted by molar-refractivity contribution is 0.0601. The first-order valence-corrected chi connectivity index (χ1v) is 6.12. The van der Waals surface area contributed by atoms with Crippen molar-refractivity contribution in [1.82, 2.24) is 10.2 Å².